The number of benzene rings is 1. The number of aliphatic hydroxyl groups excluding tert-OH is 1. The number of aliphatic hydroxyl groups is 1. The molecule has 2 aromatic rings. The molecule has 0 bridgehead atoms. The van der Waals surface area contributed by atoms with Gasteiger partial charge in [-0.05, 0) is 43.9 Å². The van der Waals surface area contributed by atoms with Crippen molar-refractivity contribution >= 4 is 22.7 Å². The van der Waals surface area contributed by atoms with E-state index in [-0.39, 0.29) is 6.61 Å². The largest absolute Gasteiger partial charge is 0.399 e. The SMILES string of the molecule is Nc1ccc2nc(N3CCCCC3CCO)[nH]c2c1. The van der Waals surface area contributed by atoms with Crippen LogP contribution in [0.15, 0.2) is 18.2 Å². The Kier molecular flexibility index (Phi) is 3.29. The number of imidazole rings is 1. The number of nitrogens with zero attached hydrogens (tertiary/aromatic N) is 2. The monoisotopic (exact) mass is 260 g/mol. The van der Waals surface area contributed by atoms with Crippen LogP contribution in [-0.4, -0.2) is 34.3 Å². The lowest BCUT2D eigenvalue weighted by Crippen LogP contribution is -2.40. The lowest BCUT2D eigenvalue weighted by molar-refractivity contribution is 0.262. The zero-order valence-electron chi connectivity index (χ0n) is 11.0. The molecule has 2 heterocycles. The Morgan fingerprint density at radius 1 is 1.42 bits per heavy atom. The van der Waals surface area contributed by atoms with Gasteiger partial charge in [0.2, 0.25) is 5.95 Å². The van der Waals surface area contributed by atoms with Gasteiger partial charge in [-0.2, -0.15) is 0 Å². The van der Waals surface area contributed by atoms with Crippen molar-refractivity contribution in [3.8, 4) is 0 Å². The summed E-state index contributed by atoms with van der Waals surface area (Å²) in [5, 5.41) is 9.19. The number of nitrogen functional groups attached to an aromatic ring is 1. The molecular weight excluding hydrogens is 240 g/mol. The van der Waals surface area contributed by atoms with E-state index in [0.717, 1.165) is 42.1 Å². The predicted molar refractivity (Wildman–Crippen MR) is 77.2 cm³/mol. The number of nitrogens with two attached hydrogens (primary N) is 1. The summed E-state index contributed by atoms with van der Waals surface area (Å²) < 4.78 is 0. The average molecular weight is 260 g/mol. The summed E-state index contributed by atoms with van der Waals surface area (Å²) in [6.07, 6.45) is 4.34. The van der Waals surface area contributed by atoms with E-state index in [9.17, 15) is 5.11 Å². The van der Waals surface area contributed by atoms with Gasteiger partial charge in [-0.1, -0.05) is 0 Å². The van der Waals surface area contributed by atoms with Crippen LogP contribution in [0.2, 0.25) is 0 Å². The summed E-state index contributed by atoms with van der Waals surface area (Å²) in [5.41, 5.74) is 8.45. The minimum absolute atomic E-state index is 0.230. The minimum Gasteiger partial charge on any atom is -0.399 e. The Hall–Kier alpha value is -1.75. The smallest absolute Gasteiger partial charge is 0.204 e. The Morgan fingerprint density at radius 3 is 3.16 bits per heavy atom. The second kappa shape index (κ2) is 5.09. The van der Waals surface area contributed by atoms with Gasteiger partial charge in [0.25, 0.3) is 0 Å². The molecule has 5 heteroatoms. The molecule has 1 aliphatic heterocycles. The lowest BCUT2D eigenvalue weighted by Gasteiger charge is -2.35. The van der Waals surface area contributed by atoms with Crippen LogP contribution in [0.1, 0.15) is 25.7 Å². The van der Waals surface area contributed by atoms with Gasteiger partial charge in [-0.15, -0.1) is 0 Å². The van der Waals surface area contributed by atoms with Crippen molar-refractivity contribution in [2.75, 3.05) is 23.8 Å². The zero-order chi connectivity index (χ0) is 13.2. The number of H-pyrrole nitrogens is 1. The number of piperidine rings is 1. The highest BCUT2D eigenvalue weighted by Crippen LogP contribution is 2.26. The molecule has 5 nitrogen and oxygen atoms in total. The number of aromatic amines is 1. The van der Waals surface area contributed by atoms with Gasteiger partial charge in [0.1, 0.15) is 0 Å². The molecule has 0 spiro atoms. The molecule has 1 aromatic heterocycles. The molecule has 1 unspecified atom stereocenters. The van der Waals surface area contributed by atoms with E-state index in [1.807, 2.05) is 18.2 Å². The molecule has 1 fully saturated rings. The zero-order valence-corrected chi connectivity index (χ0v) is 11.0. The third-order valence-corrected chi connectivity index (χ3v) is 3.85. The molecule has 1 saturated heterocycles. The van der Waals surface area contributed by atoms with Crippen LogP contribution in [0.25, 0.3) is 11.0 Å². The van der Waals surface area contributed by atoms with Gasteiger partial charge < -0.3 is 20.7 Å². The second-order valence-corrected chi connectivity index (χ2v) is 5.19. The minimum atomic E-state index is 0.230. The summed E-state index contributed by atoms with van der Waals surface area (Å²) in [6, 6.07) is 6.11. The third-order valence-electron chi connectivity index (χ3n) is 3.85. The number of hydrogen-bond donors (Lipinski definition) is 3. The molecule has 3 rings (SSSR count). The number of nitrogens with one attached hydrogen (secondary N) is 1. The van der Waals surface area contributed by atoms with Crippen molar-refractivity contribution in [1.82, 2.24) is 9.97 Å². The fourth-order valence-electron chi connectivity index (χ4n) is 2.88. The molecule has 4 N–H and O–H groups in total. The van der Waals surface area contributed by atoms with Crippen LogP contribution >= 0.6 is 0 Å². The van der Waals surface area contributed by atoms with Crippen LogP contribution in [0.3, 0.4) is 0 Å². The van der Waals surface area contributed by atoms with Gasteiger partial charge >= 0.3 is 0 Å². The standard InChI is InChI=1S/C14H20N4O/c15-10-4-5-12-13(9-10)17-14(16-12)18-7-2-1-3-11(18)6-8-19/h4-5,9,11,19H,1-3,6-8,15H2,(H,16,17). The number of hydrogen-bond acceptors (Lipinski definition) is 4. The number of aromatic nitrogens is 2. The first-order valence-corrected chi connectivity index (χ1v) is 6.90. The van der Waals surface area contributed by atoms with Crippen molar-refractivity contribution in [3.05, 3.63) is 18.2 Å². The summed E-state index contributed by atoms with van der Waals surface area (Å²) >= 11 is 0. The maximum atomic E-state index is 9.19. The molecule has 0 saturated carbocycles. The van der Waals surface area contributed by atoms with E-state index in [4.69, 9.17) is 5.73 Å². The van der Waals surface area contributed by atoms with Crippen LogP contribution in [0.5, 0.6) is 0 Å². The fraction of sp³-hybridized carbons (Fsp3) is 0.500. The average Bonchev–Trinajstić information content (AvgIpc) is 2.82. The molecule has 0 aliphatic carbocycles. The summed E-state index contributed by atoms with van der Waals surface area (Å²) in [4.78, 5) is 10.3. The molecule has 1 aromatic carbocycles. The van der Waals surface area contributed by atoms with E-state index in [2.05, 4.69) is 14.9 Å². The van der Waals surface area contributed by atoms with Crippen LogP contribution in [-0.2, 0) is 0 Å². The quantitative estimate of drug-likeness (QED) is 0.736. The van der Waals surface area contributed by atoms with Crippen molar-refractivity contribution in [2.45, 2.75) is 31.7 Å². The topological polar surface area (TPSA) is 78.2 Å². The highest BCUT2D eigenvalue weighted by molar-refractivity contribution is 5.80. The number of fused-ring (bicyclic) bond motifs is 1. The summed E-state index contributed by atoms with van der Waals surface area (Å²) in [6.45, 7) is 1.23. The Balaban J connectivity index is 1.92. The molecule has 102 valence electrons. The van der Waals surface area contributed by atoms with E-state index in [1.54, 1.807) is 0 Å². The first kappa shape index (κ1) is 12.3. The predicted octanol–water partition coefficient (Wildman–Crippen LogP) is 1.89. The van der Waals surface area contributed by atoms with E-state index >= 15 is 0 Å². The maximum absolute atomic E-state index is 9.19. The number of rotatable bonds is 3. The lowest BCUT2D eigenvalue weighted by atomic mass is 10.0. The van der Waals surface area contributed by atoms with Crippen LogP contribution < -0.4 is 10.6 Å². The van der Waals surface area contributed by atoms with Crippen molar-refractivity contribution < 1.29 is 5.11 Å². The molecule has 1 atom stereocenters. The Labute approximate surface area is 112 Å². The first-order valence-electron chi connectivity index (χ1n) is 6.90. The van der Waals surface area contributed by atoms with Gasteiger partial charge in [0, 0.05) is 24.9 Å². The molecule has 0 amide bonds. The van der Waals surface area contributed by atoms with Gasteiger partial charge in [-0.25, -0.2) is 4.98 Å². The van der Waals surface area contributed by atoms with E-state index in [0.29, 0.717) is 6.04 Å². The Morgan fingerprint density at radius 2 is 2.32 bits per heavy atom. The highest BCUT2D eigenvalue weighted by atomic mass is 16.3. The van der Waals surface area contributed by atoms with Crippen LogP contribution in [0, 0.1) is 0 Å². The van der Waals surface area contributed by atoms with Crippen molar-refractivity contribution in [1.29, 1.82) is 0 Å². The fourth-order valence-corrected chi connectivity index (χ4v) is 2.88. The first-order chi connectivity index (χ1) is 9.28. The van der Waals surface area contributed by atoms with Gasteiger partial charge in [0.05, 0.1) is 11.0 Å². The molecule has 1 aliphatic rings. The molecular formula is C14H20N4O. The molecule has 0 radical (unpaired) electrons. The van der Waals surface area contributed by atoms with Crippen LogP contribution in [0.4, 0.5) is 11.6 Å². The summed E-state index contributed by atoms with van der Waals surface area (Å²) in [5.74, 6) is 0.902. The third kappa shape index (κ3) is 2.38. The second-order valence-electron chi connectivity index (χ2n) is 5.19. The Bertz CT molecular complexity index is 564. The van der Waals surface area contributed by atoms with E-state index < -0.39 is 0 Å². The maximum Gasteiger partial charge on any atom is 0.204 e. The van der Waals surface area contributed by atoms with Gasteiger partial charge in [0.15, 0.2) is 0 Å². The van der Waals surface area contributed by atoms with Gasteiger partial charge in [-0.3, -0.25) is 0 Å². The number of anilines is 2. The van der Waals surface area contributed by atoms with E-state index in [1.165, 1.54) is 12.8 Å². The van der Waals surface area contributed by atoms with Crippen molar-refractivity contribution in [3.63, 3.8) is 0 Å². The normalized spacial score (nSPS) is 20.1. The highest BCUT2D eigenvalue weighted by Gasteiger charge is 2.24. The van der Waals surface area contributed by atoms with Crippen molar-refractivity contribution in [2.24, 2.45) is 0 Å². The summed E-state index contributed by atoms with van der Waals surface area (Å²) in [7, 11) is 0. The molecule has 19 heavy (non-hydrogen) atoms.